The molecule has 2 heteroatoms. The molecule has 0 saturated carbocycles. The van der Waals surface area contributed by atoms with Crippen LogP contribution in [0.1, 0.15) is 18.9 Å². The topological polar surface area (TPSA) is 9.23 Å². The Bertz CT molecular complexity index is 287. The van der Waals surface area contributed by atoms with E-state index in [1.165, 1.54) is 6.08 Å². The highest BCUT2D eigenvalue weighted by Crippen LogP contribution is 2.15. The summed E-state index contributed by atoms with van der Waals surface area (Å²) >= 11 is 0. The number of hydrogen-bond donors (Lipinski definition) is 0. The molecule has 0 aliphatic carbocycles. The summed E-state index contributed by atoms with van der Waals surface area (Å²) in [5.41, 5.74) is 0.861. The molecular formula is C11H13FO. The van der Waals surface area contributed by atoms with Crippen LogP contribution in [0.15, 0.2) is 30.1 Å². The number of rotatable bonds is 3. The van der Waals surface area contributed by atoms with Crippen LogP contribution in [0, 0.1) is 0 Å². The third kappa shape index (κ3) is 2.90. The summed E-state index contributed by atoms with van der Waals surface area (Å²) < 4.78 is 17.8. The molecule has 0 aromatic heterocycles. The monoisotopic (exact) mass is 180 g/mol. The Morgan fingerprint density at radius 3 is 2.46 bits per heavy atom. The molecule has 1 aromatic rings. The number of benzene rings is 1. The molecule has 0 saturated heterocycles. The van der Waals surface area contributed by atoms with Gasteiger partial charge in [0.1, 0.15) is 11.6 Å². The van der Waals surface area contributed by atoms with E-state index in [0.29, 0.717) is 6.42 Å². The van der Waals surface area contributed by atoms with E-state index in [0.717, 1.165) is 11.3 Å². The molecule has 1 aromatic carbocycles. The van der Waals surface area contributed by atoms with Gasteiger partial charge in [0.25, 0.3) is 0 Å². The number of methoxy groups -OCH3 is 1. The first-order valence-corrected chi connectivity index (χ1v) is 4.26. The van der Waals surface area contributed by atoms with E-state index < -0.39 is 0 Å². The lowest BCUT2D eigenvalue weighted by Gasteiger charge is -1.99. The van der Waals surface area contributed by atoms with Gasteiger partial charge in [0.05, 0.1) is 7.11 Å². The van der Waals surface area contributed by atoms with Gasteiger partial charge in [-0.05, 0) is 30.2 Å². The van der Waals surface area contributed by atoms with Crippen molar-refractivity contribution < 1.29 is 9.13 Å². The van der Waals surface area contributed by atoms with E-state index in [4.69, 9.17) is 4.74 Å². The van der Waals surface area contributed by atoms with Crippen LogP contribution in [0.2, 0.25) is 0 Å². The van der Waals surface area contributed by atoms with Gasteiger partial charge in [0, 0.05) is 0 Å². The maximum atomic E-state index is 12.8. The minimum absolute atomic E-state index is 0.106. The van der Waals surface area contributed by atoms with Crippen molar-refractivity contribution in [3.63, 3.8) is 0 Å². The van der Waals surface area contributed by atoms with Crippen LogP contribution in [0.4, 0.5) is 4.39 Å². The van der Waals surface area contributed by atoms with Gasteiger partial charge in [-0.1, -0.05) is 19.1 Å². The maximum absolute atomic E-state index is 12.8. The smallest absolute Gasteiger partial charge is 0.118 e. The summed E-state index contributed by atoms with van der Waals surface area (Å²) in [6.45, 7) is 1.79. The van der Waals surface area contributed by atoms with Gasteiger partial charge in [-0.2, -0.15) is 0 Å². The molecular weight excluding hydrogens is 167 g/mol. The van der Waals surface area contributed by atoms with Crippen molar-refractivity contribution in [3.05, 3.63) is 35.7 Å². The molecule has 0 fully saturated rings. The predicted molar refractivity (Wildman–Crippen MR) is 52.4 cm³/mol. The Labute approximate surface area is 77.8 Å². The van der Waals surface area contributed by atoms with Gasteiger partial charge in [0.15, 0.2) is 0 Å². The summed E-state index contributed by atoms with van der Waals surface area (Å²) in [5.74, 6) is 0.680. The van der Waals surface area contributed by atoms with Crippen LogP contribution in [0.5, 0.6) is 5.75 Å². The molecule has 70 valence electrons. The van der Waals surface area contributed by atoms with Crippen LogP contribution >= 0.6 is 0 Å². The molecule has 13 heavy (non-hydrogen) atoms. The number of allylic oxidation sites excluding steroid dienone is 1. The van der Waals surface area contributed by atoms with Crippen LogP contribution < -0.4 is 4.74 Å². The fraction of sp³-hybridized carbons (Fsp3) is 0.273. The van der Waals surface area contributed by atoms with Gasteiger partial charge < -0.3 is 4.74 Å². The van der Waals surface area contributed by atoms with E-state index in [-0.39, 0.29) is 5.83 Å². The standard InChI is InChI=1S/C11H13FO/c1-3-10(12)8-9-4-6-11(13-2)7-5-9/h4-8H,3H2,1-2H3/b10-8-. The average molecular weight is 180 g/mol. The molecule has 1 nitrogen and oxygen atoms in total. The van der Waals surface area contributed by atoms with Crippen LogP contribution in [0.25, 0.3) is 6.08 Å². The Morgan fingerprint density at radius 1 is 1.38 bits per heavy atom. The Hall–Kier alpha value is -1.31. The first-order chi connectivity index (χ1) is 6.26. The first kappa shape index (κ1) is 9.78. The summed E-state index contributed by atoms with van der Waals surface area (Å²) in [7, 11) is 1.61. The molecule has 1 rings (SSSR count). The van der Waals surface area contributed by atoms with Gasteiger partial charge in [0.2, 0.25) is 0 Å². The second kappa shape index (κ2) is 4.65. The van der Waals surface area contributed by atoms with E-state index in [9.17, 15) is 4.39 Å². The molecule has 0 bridgehead atoms. The second-order valence-electron chi connectivity index (χ2n) is 2.72. The highest BCUT2D eigenvalue weighted by Gasteiger charge is 1.93. The molecule has 0 heterocycles. The van der Waals surface area contributed by atoms with Crippen molar-refractivity contribution in [2.24, 2.45) is 0 Å². The largest absolute Gasteiger partial charge is 0.497 e. The third-order valence-corrected chi connectivity index (χ3v) is 1.78. The average Bonchev–Trinajstić information content (AvgIpc) is 2.19. The van der Waals surface area contributed by atoms with Crippen LogP contribution in [0.3, 0.4) is 0 Å². The Morgan fingerprint density at radius 2 is 2.00 bits per heavy atom. The summed E-state index contributed by atoms with van der Waals surface area (Å²) in [5, 5.41) is 0. The summed E-state index contributed by atoms with van der Waals surface area (Å²) in [4.78, 5) is 0. The third-order valence-electron chi connectivity index (χ3n) is 1.78. The zero-order chi connectivity index (χ0) is 9.68. The number of halogens is 1. The fourth-order valence-electron chi connectivity index (χ4n) is 0.983. The second-order valence-corrected chi connectivity index (χ2v) is 2.72. The zero-order valence-corrected chi connectivity index (χ0v) is 7.88. The van der Waals surface area contributed by atoms with Crippen LogP contribution in [-0.2, 0) is 0 Å². The SMILES string of the molecule is CC/C(F)=C/c1ccc(OC)cc1. The number of ether oxygens (including phenoxy) is 1. The lowest BCUT2D eigenvalue weighted by molar-refractivity contribution is 0.415. The summed E-state index contributed by atoms with van der Waals surface area (Å²) in [6.07, 6.45) is 1.96. The van der Waals surface area contributed by atoms with Gasteiger partial charge in [-0.3, -0.25) is 0 Å². The zero-order valence-electron chi connectivity index (χ0n) is 7.88. The quantitative estimate of drug-likeness (QED) is 0.692. The van der Waals surface area contributed by atoms with Gasteiger partial charge in [-0.25, -0.2) is 4.39 Å². The van der Waals surface area contributed by atoms with Gasteiger partial charge >= 0.3 is 0 Å². The molecule has 0 N–H and O–H groups in total. The molecule has 0 aliphatic rings. The van der Waals surface area contributed by atoms with E-state index in [1.807, 2.05) is 24.3 Å². The predicted octanol–water partition coefficient (Wildman–Crippen LogP) is 3.42. The molecule has 0 amide bonds. The lowest BCUT2D eigenvalue weighted by atomic mass is 10.2. The van der Waals surface area contributed by atoms with Gasteiger partial charge in [-0.15, -0.1) is 0 Å². The minimum atomic E-state index is -0.106. The summed E-state index contributed by atoms with van der Waals surface area (Å²) in [6, 6.07) is 7.28. The minimum Gasteiger partial charge on any atom is -0.497 e. The first-order valence-electron chi connectivity index (χ1n) is 4.26. The van der Waals surface area contributed by atoms with E-state index in [1.54, 1.807) is 14.0 Å². The Kier molecular flexibility index (Phi) is 3.50. The van der Waals surface area contributed by atoms with Crippen molar-refractivity contribution >= 4 is 6.08 Å². The highest BCUT2D eigenvalue weighted by molar-refractivity contribution is 5.52. The Balaban J connectivity index is 2.80. The molecule has 0 atom stereocenters. The lowest BCUT2D eigenvalue weighted by Crippen LogP contribution is -1.81. The van der Waals surface area contributed by atoms with Crippen molar-refractivity contribution in [1.82, 2.24) is 0 Å². The van der Waals surface area contributed by atoms with Crippen molar-refractivity contribution in [2.75, 3.05) is 7.11 Å². The normalized spacial score (nSPS) is 11.5. The number of hydrogen-bond acceptors (Lipinski definition) is 1. The van der Waals surface area contributed by atoms with Crippen molar-refractivity contribution in [3.8, 4) is 5.75 Å². The molecule has 0 unspecified atom stereocenters. The highest BCUT2D eigenvalue weighted by atomic mass is 19.1. The molecule has 0 spiro atoms. The maximum Gasteiger partial charge on any atom is 0.118 e. The van der Waals surface area contributed by atoms with E-state index in [2.05, 4.69) is 0 Å². The van der Waals surface area contributed by atoms with Crippen molar-refractivity contribution in [2.45, 2.75) is 13.3 Å². The fourth-order valence-corrected chi connectivity index (χ4v) is 0.983. The van der Waals surface area contributed by atoms with Crippen LogP contribution in [-0.4, -0.2) is 7.11 Å². The van der Waals surface area contributed by atoms with Crippen molar-refractivity contribution in [1.29, 1.82) is 0 Å². The van der Waals surface area contributed by atoms with E-state index >= 15 is 0 Å². The molecule has 0 radical (unpaired) electrons. The molecule has 0 aliphatic heterocycles.